The molecular weight excluding hydrogens is 168 g/mol. The van der Waals surface area contributed by atoms with Crippen LogP contribution in [-0.2, 0) is 6.42 Å². The molecule has 4 heteroatoms. The number of hydrogen-bond acceptors (Lipinski definition) is 3. The molecular formula is C9H8N2O2. The second-order valence-corrected chi connectivity index (χ2v) is 2.64. The molecule has 0 saturated heterocycles. The molecule has 0 aromatic carbocycles. The van der Waals surface area contributed by atoms with Gasteiger partial charge in [0, 0.05) is 12.3 Å². The van der Waals surface area contributed by atoms with Crippen LogP contribution >= 0.6 is 0 Å². The minimum Gasteiger partial charge on any atom is -0.469 e. The number of hydrogen-bond donors (Lipinski definition) is 1. The van der Waals surface area contributed by atoms with Gasteiger partial charge in [-0.25, -0.2) is 4.98 Å². The second kappa shape index (κ2) is 3.26. The van der Waals surface area contributed by atoms with Gasteiger partial charge in [-0.3, -0.25) is 4.79 Å². The molecule has 1 N–H and O–H groups in total. The van der Waals surface area contributed by atoms with E-state index in [-0.39, 0.29) is 5.56 Å². The Kier molecular flexibility index (Phi) is 1.96. The average Bonchev–Trinajstić information content (AvgIpc) is 2.57. The van der Waals surface area contributed by atoms with Gasteiger partial charge in [0.15, 0.2) is 0 Å². The highest BCUT2D eigenvalue weighted by molar-refractivity contribution is 5.05. The maximum absolute atomic E-state index is 10.9. The quantitative estimate of drug-likeness (QED) is 0.741. The molecule has 4 nitrogen and oxygen atoms in total. The zero-order valence-corrected chi connectivity index (χ0v) is 6.86. The lowest BCUT2D eigenvalue weighted by molar-refractivity contribution is 0.516. The van der Waals surface area contributed by atoms with E-state index in [0.717, 1.165) is 5.76 Å². The molecule has 0 amide bonds. The number of rotatable bonds is 2. The van der Waals surface area contributed by atoms with E-state index in [2.05, 4.69) is 9.97 Å². The van der Waals surface area contributed by atoms with Gasteiger partial charge >= 0.3 is 0 Å². The lowest BCUT2D eigenvalue weighted by Gasteiger charge is -1.95. The molecule has 2 heterocycles. The fraction of sp³-hybridized carbons (Fsp3) is 0.111. The second-order valence-electron chi connectivity index (χ2n) is 2.64. The third kappa shape index (κ3) is 1.84. The van der Waals surface area contributed by atoms with Crippen LogP contribution in [0.3, 0.4) is 0 Å². The molecule has 0 bridgehead atoms. The van der Waals surface area contributed by atoms with Gasteiger partial charge in [-0.1, -0.05) is 0 Å². The predicted octanol–water partition coefficient (Wildman–Crippen LogP) is 0.954. The van der Waals surface area contributed by atoms with E-state index < -0.39 is 0 Å². The first-order chi connectivity index (χ1) is 6.34. The molecule has 2 aromatic rings. The van der Waals surface area contributed by atoms with Gasteiger partial charge in [0.1, 0.15) is 11.6 Å². The van der Waals surface area contributed by atoms with Crippen molar-refractivity contribution in [3.63, 3.8) is 0 Å². The van der Waals surface area contributed by atoms with Gasteiger partial charge in [0.05, 0.1) is 12.7 Å². The Balaban J connectivity index is 2.24. The SMILES string of the molecule is O=c1ccnc(Cc2ccco2)[nH]1. The van der Waals surface area contributed by atoms with Gasteiger partial charge in [-0.15, -0.1) is 0 Å². The first kappa shape index (κ1) is 7.79. The Morgan fingerprint density at radius 3 is 3.08 bits per heavy atom. The van der Waals surface area contributed by atoms with Crippen molar-refractivity contribution in [3.05, 3.63) is 52.6 Å². The summed E-state index contributed by atoms with van der Waals surface area (Å²) in [5.41, 5.74) is -0.142. The van der Waals surface area contributed by atoms with Crippen LogP contribution in [0.2, 0.25) is 0 Å². The monoisotopic (exact) mass is 176 g/mol. The van der Waals surface area contributed by atoms with Crippen LogP contribution < -0.4 is 5.56 Å². The summed E-state index contributed by atoms with van der Waals surface area (Å²) in [6.07, 6.45) is 3.59. The van der Waals surface area contributed by atoms with Gasteiger partial charge in [0.25, 0.3) is 5.56 Å². The maximum Gasteiger partial charge on any atom is 0.250 e. The van der Waals surface area contributed by atoms with Crippen molar-refractivity contribution >= 4 is 0 Å². The van der Waals surface area contributed by atoms with Gasteiger partial charge in [-0.05, 0) is 12.1 Å². The number of aromatic amines is 1. The van der Waals surface area contributed by atoms with E-state index >= 15 is 0 Å². The van der Waals surface area contributed by atoms with Crippen molar-refractivity contribution in [3.8, 4) is 0 Å². The van der Waals surface area contributed by atoms with Crippen LogP contribution in [0.25, 0.3) is 0 Å². The number of H-pyrrole nitrogens is 1. The summed E-state index contributed by atoms with van der Waals surface area (Å²) in [7, 11) is 0. The summed E-state index contributed by atoms with van der Waals surface area (Å²) >= 11 is 0. The molecule has 0 spiro atoms. The normalized spacial score (nSPS) is 10.2. The Labute approximate surface area is 74.2 Å². The minimum atomic E-state index is -0.142. The van der Waals surface area contributed by atoms with Crippen molar-refractivity contribution in [1.82, 2.24) is 9.97 Å². The standard InChI is InChI=1S/C9H8N2O2/c12-9-3-4-10-8(11-9)6-7-2-1-5-13-7/h1-5H,6H2,(H,10,11,12). The topological polar surface area (TPSA) is 58.9 Å². The molecule has 0 unspecified atom stereocenters. The summed E-state index contributed by atoms with van der Waals surface area (Å²) in [6.45, 7) is 0. The van der Waals surface area contributed by atoms with Crippen LogP contribution in [0, 0.1) is 0 Å². The van der Waals surface area contributed by atoms with E-state index in [1.807, 2.05) is 6.07 Å². The lowest BCUT2D eigenvalue weighted by atomic mass is 10.3. The van der Waals surface area contributed by atoms with E-state index in [4.69, 9.17) is 4.42 Å². The summed E-state index contributed by atoms with van der Waals surface area (Å²) in [5.74, 6) is 1.40. The predicted molar refractivity (Wildman–Crippen MR) is 46.4 cm³/mol. The van der Waals surface area contributed by atoms with Crippen LogP contribution in [0.4, 0.5) is 0 Å². The van der Waals surface area contributed by atoms with Gasteiger partial charge < -0.3 is 9.40 Å². The Bertz CT molecular complexity index is 431. The molecule has 0 saturated carbocycles. The van der Waals surface area contributed by atoms with Crippen LogP contribution in [-0.4, -0.2) is 9.97 Å². The average molecular weight is 176 g/mol. The fourth-order valence-corrected chi connectivity index (χ4v) is 1.08. The van der Waals surface area contributed by atoms with E-state index in [9.17, 15) is 4.79 Å². The molecule has 66 valence electrons. The summed E-state index contributed by atoms with van der Waals surface area (Å²) < 4.78 is 5.12. The van der Waals surface area contributed by atoms with Gasteiger partial charge in [-0.2, -0.15) is 0 Å². The van der Waals surface area contributed by atoms with Crippen molar-refractivity contribution in [2.45, 2.75) is 6.42 Å². The summed E-state index contributed by atoms with van der Waals surface area (Å²) in [4.78, 5) is 17.5. The number of nitrogens with zero attached hydrogens (tertiary/aromatic N) is 1. The summed E-state index contributed by atoms with van der Waals surface area (Å²) in [6, 6.07) is 5.02. The molecule has 0 fully saturated rings. The van der Waals surface area contributed by atoms with Crippen LogP contribution in [0.15, 0.2) is 39.9 Å². The minimum absolute atomic E-state index is 0.142. The zero-order valence-electron chi connectivity index (χ0n) is 6.86. The van der Waals surface area contributed by atoms with Gasteiger partial charge in [0.2, 0.25) is 0 Å². The number of furan rings is 1. The van der Waals surface area contributed by atoms with E-state index in [0.29, 0.717) is 12.2 Å². The number of aromatic nitrogens is 2. The van der Waals surface area contributed by atoms with Crippen molar-refractivity contribution in [2.75, 3.05) is 0 Å². The highest BCUT2D eigenvalue weighted by Gasteiger charge is 1.99. The molecule has 0 aliphatic heterocycles. The molecule has 0 atom stereocenters. The molecule has 0 aliphatic carbocycles. The number of nitrogens with one attached hydrogen (secondary N) is 1. The van der Waals surface area contributed by atoms with E-state index in [1.165, 1.54) is 12.3 Å². The maximum atomic E-state index is 10.9. The molecule has 2 rings (SSSR count). The molecule has 2 aromatic heterocycles. The van der Waals surface area contributed by atoms with Crippen molar-refractivity contribution in [2.24, 2.45) is 0 Å². The lowest BCUT2D eigenvalue weighted by Crippen LogP contribution is -2.08. The fourth-order valence-electron chi connectivity index (χ4n) is 1.08. The highest BCUT2D eigenvalue weighted by Crippen LogP contribution is 2.03. The van der Waals surface area contributed by atoms with E-state index in [1.54, 1.807) is 12.3 Å². The largest absolute Gasteiger partial charge is 0.469 e. The van der Waals surface area contributed by atoms with Crippen LogP contribution in [0.1, 0.15) is 11.6 Å². The first-order valence-corrected chi connectivity index (χ1v) is 3.91. The third-order valence-electron chi connectivity index (χ3n) is 1.65. The Hall–Kier alpha value is -1.84. The smallest absolute Gasteiger partial charge is 0.250 e. The molecule has 13 heavy (non-hydrogen) atoms. The molecule has 0 aliphatic rings. The third-order valence-corrected chi connectivity index (χ3v) is 1.65. The summed E-state index contributed by atoms with van der Waals surface area (Å²) in [5, 5.41) is 0. The highest BCUT2D eigenvalue weighted by atomic mass is 16.3. The van der Waals surface area contributed by atoms with Crippen molar-refractivity contribution in [1.29, 1.82) is 0 Å². The van der Waals surface area contributed by atoms with Crippen LogP contribution in [0.5, 0.6) is 0 Å². The zero-order chi connectivity index (χ0) is 9.10. The molecule has 0 radical (unpaired) electrons. The first-order valence-electron chi connectivity index (χ1n) is 3.91. The Morgan fingerprint density at radius 2 is 2.38 bits per heavy atom. The van der Waals surface area contributed by atoms with Crippen molar-refractivity contribution < 1.29 is 4.42 Å². The Morgan fingerprint density at radius 1 is 1.46 bits per heavy atom.